The van der Waals surface area contributed by atoms with Gasteiger partial charge in [0.25, 0.3) is 0 Å². The van der Waals surface area contributed by atoms with E-state index in [9.17, 15) is 29.4 Å². The van der Waals surface area contributed by atoms with Gasteiger partial charge in [0.1, 0.15) is 6.04 Å². The van der Waals surface area contributed by atoms with Crippen molar-refractivity contribution in [3.8, 4) is 0 Å². The van der Waals surface area contributed by atoms with Crippen LogP contribution in [0, 0.1) is 11.8 Å². The maximum atomic E-state index is 14.0. The topological polar surface area (TPSA) is 174 Å². The third-order valence-electron chi connectivity index (χ3n) is 7.64. The molecule has 0 aliphatic carbocycles. The van der Waals surface area contributed by atoms with Crippen LogP contribution in [0.1, 0.15) is 51.8 Å². The van der Waals surface area contributed by atoms with Crippen LogP contribution in [0.4, 0.5) is 0 Å². The van der Waals surface area contributed by atoms with Gasteiger partial charge in [0.2, 0.25) is 17.7 Å². The summed E-state index contributed by atoms with van der Waals surface area (Å²) in [7, 11) is 1.56. The second-order valence-electron chi connectivity index (χ2n) is 12.3. The first kappa shape index (κ1) is 36.2. The zero-order chi connectivity index (χ0) is 33.8. The van der Waals surface area contributed by atoms with Gasteiger partial charge in [-0.15, -0.1) is 0 Å². The number of amides is 3. The van der Waals surface area contributed by atoms with Crippen molar-refractivity contribution in [2.45, 2.75) is 77.7 Å². The highest BCUT2D eigenvalue weighted by atomic mass is 16.6. The first-order valence-electron chi connectivity index (χ1n) is 15.7. The number of rotatable bonds is 17. The van der Waals surface area contributed by atoms with Gasteiger partial charge >= 0.3 is 5.97 Å². The van der Waals surface area contributed by atoms with E-state index in [0.29, 0.717) is 5.69 Å². The number of nitrogens with one attached hydrogen (secondary N) is 3. The number of aliphatic hydroxyl groups is 2. The molecule has 2 unspecified atom stereocenters. The van der Waals surface area contributed by atoms with Crippen LogP contribution < -0.4 is 10.6 Å². The van der Waals surface area contributed by atoms with E-state index in [-0.39, 0.29) is 50.7 Å². The largest absolute Gasteiger partial charge is 0.461 e. The van der Waals surface area contributed by atoms with Crippen LogP contribution in [-0.2, 0) is 36.8 Å². The smallest absolute Gasteiger partial charge is 0.337 e. The number of esters is 1. The minimum Gasteiger partial charge on any atom is -0.461 e. The molecule has 0 fully saturated rings. The average Bonchev–Trinajstić information content (AvgIpc) is 3.52. The SMILES string of the molecule is CC(C)C[C@H](NC(=O)[C@H](Cc1cnc[nH]1)NC(=O)C(CC(=O)N(C)CCO)Cc1cccc2ccccc12)C(O)C(=O)OC(C)C. The normalized spacial score (nSPS) is 14.0. The molecule has 0 bridgehead atoms. The molecule has 46 heavy (non-hydrogen) atoms. The summed E-state index contributed by atoms with van der Waals surface area (Å²) in [5.74, 6) is -3.14. The molecule has 0 saturated carbocycles. The van der Waals surface area contributed by atoms with E-state index in [1.54, 1.807) is 20.9 Å². The number of H-pyrrole nitrogens is 1. The highest BCUT2D eigenvalue weighted by Gasteiger charge is 2.34. The summed E-state index contributed by atoms with van der Waals surface area (Å²) in [5, 5.41) is 27.7. The highest BCUT2D eigenvalue weighted by Crippen LogP contribution is 2.23. The van der Waals surface area contributed by atoms with Crippen molar-refractivity contribution in [1.29, 1.82) is 0 Å². The second kappa shape index (κ2) is 17.4. The lowest BCUT2D eigenvalue weighted by atomic mass is 9.91. The Morgan fingerprint density at radius 3 is 2.35 bits per heavy atom. The summed E-state index contributed by atoms with van der Waals surface area (Å²) in [5.41, 5.74) is 1.44. The standard InChI is InChI=1S/C34H47N5O7/c1-21(2)15-28(31(42)34(45)46-22(3)4)37-33(44)29(18-26-19-35-20-36-26)38-32(43)25(17-30(41)39(5)13-14-40)16-24-11-8-10-23-9-6-7-12-27(23)24/h6-12,19-22,25,28-29,31,40,42H,13-18H2,1-5H3,(H,35,36)(H,37,44)(H,38,43)/t25?,28-,29-,31?/m0/s1. The predicted octanol–water partition coefficient (Wildman–Crippen LogP) is 2.13. The Hall–Kier alpha value is -4.29. The van der Waals surface area contributed by atoms with Crippen LogP contribution in [0.3, 0.4) is 0 Å². The van der Waals surface area contributed by atoms with E-state index < -0.39 is 48.0 Å². The van der Waals surface area contributed by atoms with Crippen LogP contribution in [0.15, 0.2) is 55.0 Å². The minimum atomic E-state index is -1.61. The number of ether oxygens (including phenoxy) is 1. The number of carbonyl (C=O) groups is 4. The monoisotopic (exact) mass is 637 g/mol. The van der Waals surface area contributed by atoms with E-state index >= 15 is 0 Å². The van der Waals surface area contributed by atoms with Crippen LogP contribution in [0.5, 0.6) is 0 Å². The van der Waals surface area contributed by atoms with Crippen molar-refractivity contribution >= 4 is 34.5 Å². The Bertz CT molecular complexity index is 1440. The second-order valence-corrected chi connectivity index (χ2v) is 12.3. The molecule has 0 saturated heterocycles. The lowest BCUT2D eigenvalue weighted by molar-refractivity contribution is -0.159. The Morgan fingerprint density at radius 1 is 0.978 bits per heavy atom. The van der Waals surface area contributed by atoms with Gasteiger partial charge < -0.3 is 35.5 Å². The molecular weight excluding hydrogens is 590 g/mol. The Labute approximate surface area is 269 Å². The fourth-order valence-corrected chi connectivity index (χ4v) is 5.27. The van der Waals surface area contributed by atoms with Gasteiger partial charge in [-0.1, -0.05) is 56.3 Å². The summed E-state index contributed by atoms with van der Waals surface area (Å²) in [6.45, 7) is 7.02. The molecule has 1 heterocycles. The fraction of sp³-hybridized carbons (Fsp3) is 0.500. The molecule has 2 aromatic carbocycles. The van der Waals surface area contributed by atoms with Gasteiger partial charge in [0.15, 0.2) is 6.10 Å². The lowest BCUT2D eigenvalue weighted by Gasteiger charge is -2.28. The van der Waals surface area contributed by atoms with Crippen molar-refractivity contribution in [1.82, 2.24) is 25.5 Å². The quantitative estimate of drug-likeness (QED) is 0.140. The molecule has 5 N–H and O–H groups in total. The third-order valence-corrected chi connectivity index (χ3v) is 7.64. The predicted molar refractivity (Wildman–Crippen MR) is 173 cm³/mol. The summed E-state index contributed by atoms with van der Waals surface area (Å²) in [6, 6.07) is 11.4. The molecule has 3 amide bonds. The lowest BCUT2D eigenvalue weighted by Crippen LogP contribution is -2.56. The molecule has 0 radical (unpaired) electrons. The van der Waals surface area contributed by atoms with Gasteiger partial charge in [-0.25, -0.2) is 9.78 Å². The molecule has 3 aromatic rings. The van der Waals surface area contributed by atoms with Gasteiger partial charge in [-0.2, -0.15) is 0 Å². The molecular formula is C34H47N5O7. The van der Waals surface area contributed by atoms with Crippen LogP contribution in [0.25, 0.3) is 10.8 Å². The number of aromatic amines is 1. The molecule has 0 aliphatic heterocycles. The maximum absolute atomic E-state index is 14.0. The van der Waals surface area contributed by atoms with E-state index in [1.165, 1.54) is 17.4 Å². The molecule has 0 spiro atoms. The Balaban J connectivity index is 1.91. The van der Waals surface area contributed by atoms with Crippen molar-refractivity contribution in [2.75, 3.05) is 20.2 Å². The maximum Gasteiger partial charge on any atom is 0.337 e. The van der Waals surface area contributed by atoms with Crippen molar-refractivity contribution < 1.29 is 34.1 Å². The number of aromatic nitrogens is 2. The van der Waals surface area contributed by atoms with E-state index in [0.717, 1.165) is 16.3 Å². The van der Waals surface area contributed by atoms with Gasteiger partial charge in [-0.3, -0.25) is 14.4 Å². The number of hydrogen-bond acceptors (Lipinski definition) is 8. The highest BCUT2D eigenvalue weighted by molar-refractivity contribution is 5.92. The van der Waals surface area contributed by atoms with Crippen LogP contribution in [0.2, 0.25) is 0 Å². The molecule has 12 nitrogen and oxygen atoms in total. The number of nitrogens with zero attached hydrogens (tertiary/aromatic N) is 2. The van der Waals surface area contributed by atoms with Crippen molar-refractivity contribution in [2.24, 2.45) is 11.8 Å². The molecule has 0 aliphatic rings. The van der Waals surface area contributed by atoms with E-state index in [1.807, 2.05) is 56.3 Å². The molecule has 4 atom stereocenters. The summed E-state index contributed by atoms with van der Waals surface area (Å²) >= 11 is 0. The number of imidazole rings is 1. The number of fused-ring (bicyclic) bond motifs is 1. The number of hydrogen-bond donors (Lipinski definition) is 5. The number of carbonyl (C=O) groups excluding carboxylic acids is 4. The van der Waals surface area contributed by atoms with Crippen LogP contribution >= 0.6 is 0 Å². The molecule has 12 heteroatoms. The van der Waals surface area contributed by atoms with E-state index in [4.69, 9.17) is 4.74 Å². The first-order valence-corrected chi connectivity index (χ1v) is 15.7. The number of benzene rings is 2. The zero-order valence-electron chi connectivity index (χ0n) is 27.2. The Morgan fingerprint density at radius 2 is 1.70 bits per heavy atom. The third kappa shape index (κ3) is 10.7. The van der Waals surface area contributed by atoms with Gasteiger partial charge in [0, 0.05) is 38.3 Å². The van der Waals surface area contributed by atoms with Crippen LogP contribution in [-0.4, -0.2) is 93.3 Å². The minimum absolute atomic E-state index is 0.0134. The molecule has 250 valence electrons. The molecule has 1 aromatic heterocycles. The van der Waals surface area contributed by atoms with E-state index in [2.05, 4.69) is 20.6 Å². The summed E-state index contributed by atoms with van der Waals surface area (Å²) < 4.78 is 5.18. The van der Waals surface area contributed by atoms with Crippen molar-refractivity contribution in [3.63, 3.8) is 0 Å². The number of aliphatic hydroxyl groups excluding tert-OH is 2. The number of likely N-dealkylation sites (N-methyl/N-ethyl adjacent to an activating group) is 1. The summed E-state index contributed by atoms with van der Waals surface area (Å²) in [4.78, 5) is 61.8. The Kier molecular flexibility index (Phi) is 13.7. The fourth-order valence-electron chi connectivity index (χ4n) is 5.27. The van der Waals surface area contributed by atoms with Gasteiger partial charge in [-0.05, 0) is 48.9 Å². The zero-order valence-corrected chi connectivity index (χ0v) is 27.2. The van der Waals surface area contributed by atoms with Crippen molar-refractivity contribution in [3.05, 3.63) is 66.2 Å². The summed E-state index contributed by atoms with van der Waals surface area (Å²) in [6.07, 6.45) is 1.31. The van der Waals surface area contributed by atoms with Gasteiger partial charge in [0.05, 0.1) is 31.0 Å². The average molecular weight is 638 g/mol. The molecule has 3 rings (SSSR count). The first-order chi connectivity index (χ1) is 21.9.